The highest BCUT2D eigenvalue weighted by atomic mass is 35.5. The van der Waals surface area contributed by atoms with E-state index in [0.717, 1.165) is 44.2 Å². The number of carboxylic acids is 1. The van der Waals surface area contributed by atoms with Crippen LogP contribution in [0.5, 0.6) is 0 Å². The normalized spacial score (nSPS) is 17.2. The van der Waals surface area contributed by atoms with Crippen molar-refractivity contribution < 1.29 is 23.5 Å². The molecule has 1 heterocycles. The number of carbonyl (C=O) groups excluding carboxylic acids is 1. The third-order valence-corrected chi connectivity index (χ3v) is 7.93. The summed E-state index contributed by atoms with van der Waals surface area (Å²) in [5, 5.41) is 19.4. The van der Waals surface area contributed by atoms with Gasteiger partial charge in [0.05, 0.1) is 33.6 Å². The van der Waals surface area contributed by atoms with Crippen molar-refractivity contribution >= 4 is 52.1 Å². The minimum Gasteiger partial charge on any atom is -0.478 e. The van der Waals surface area contributed by atoms with Gasteiger partial charge in [0.1, 0.15) is 5.66 Å². The van der Waals surface area contributed by atoms with Gasteiger partial charge in [-0.2, -0.15) is 0 Å². The zero-order valence-electron chi connectivity index (χ0n) is 20.2. The second-order valence-corrected chi connectivity index (χ2v) is 10.6. The summed E-state index contributed by atoms with van der Waals surface area (Å²) in [6.45, 7) is 0. The largest absolute Gasteiger partial charge is 0.478 e. The van der Waals surface area contributed by atoms with Crippen molar-refractivity contribution in [1.29, 1.82) is 0 Å². The number of carbonyl (C=O) groups is 2. The third kappa shape index (κ3) is 4.90. The Hall–Kier alpha value is -3.36. The molecule has 1 saturated carbocycles. The molecule has 1 aliphatic carbocycles. The van der Waals surface area contributed by atoms with Crippen molar-refractivity contribution in [3.63, 3.8) is 0 Å². The number of benzene rings is 3. The van der Waals surface area contributed by atoms with Crippen molar-refractivity contribution in [3.05, 3.63) is 87.4 Å². The molecule has 0 bridgehead atoms. The molecule has 2 aliphatic rings. The minimum absolute atomic E-state index is 0.00640. The van der Waals surface area contributed by atoms with Crippen LogP contribution in [-0.4, -0.2) is 17.0 Å². The van der Waals surface area contributed by atoms with Crippen LogP contribution in [0, 0.1) is 23.5 Å². The zero-order chi connectivity index (χ0) is 27.0. The number of halogens is 4. The van der Waals surface area contributed by atoms with E-state index >= 15 is 0 Å². The van der Waals surface area contributed by atoms with Gasteiger partial charge in [-0.25, -0.2) is 13.6 Å². The SMILES string of the molecule is O=C(O)c1ccc(NC(=O)C(C2CCCCC2)C2(c3ccc(Cl)cc3)Nc3cc(F)c(F)cc3N2)c(Cl)c1. The molecule has 1 unspecified atom stereocenters. The maximum Gasteiger partial charge on any atom is 0.335 e. The van der Waals surface area contributed by atoms with Crippen LogP contribution in [0.25, 0.3) is 0 Å². The summed E-state index contributed by atoms with van der Waals surface area (Å²) >= 11 is 12.5. The Morgan fingerprint density at radius 1 is 0.921 bits per heavy atom. The first-order chi connectivity index (χ1) is 18.2. The maximum absolute atomic E-state index is 14.2. The molecule has 198 valence electrons. The van der Waals surface area contributed by atoms with Crippen LogP contribution in [0.15, 0.2) is 54.6 Å². The Morgan fingerprint density at radius 3 is 2.08 bits per heavy atom. The van der Waals surface area contributed by atoms with Gasteiger partial charge in [0.15, 0.2) is 11.6 Å². The van der Waals surface area contributed by atoms with E-state index in [1.165, 1.54) is 18.2 Å². The first kappa shape index (κ1) is 26.3. The number of hydrogen-bond donors (Lipinski definition) is 4. The van der Waals surface area contributed by atoms with Crippen molar-refractivity contribution in [2.24, 2.45) is 11.8 Å². The average Bonchev–Trinajstić information content (AvgIpc) is 3.25. The predicted molar refractivity (Wildman–Crippen MR) is 144 cm³/mol. The van der Waals surface area contributed by atoms with Gasteiger partial charge < -0.3 is 21.1 Å². The van der Waals surface area contributed by atoms with Gasteiger partial charge in [0.2, 0.25) is 5.91 Å². The number of hydrogen-bond acceptors (Lipinski definition) is 4. The monoisotopic (exact) mass is 559 g/mol. The topological polar surface area (TPSA) is 90.5 Å². The summed E-state index contributed by atoms with van der Waals surface area (Å²) < 4.78 is 28.4. The van der Waals surface area contributed by atoms with Gasteiger partial charge in [-0.3, -0.25) is 4.79 Å². The van der Waals surface area contributed by atoms with E-state index < -0.39 is 29.2 Å². The molecule has 10 heteroatoms. The number of rotatable bonds is 6. The molecule has 0 spiro atoms. The fourth-order valence-electron chi connectivity index (χ4n) is 5.59. The van der Waals surface area contributed by atoms with Crippen molar-refractivity contribution in [1.82, 2.24) is 0 Å². The lowest BCUT2D eigenvalue weighted by atomic mass is 9.71. The molecule has 5 rings (SSSR count). The van der Waals surface area contributed by atoms with Crippen molar-refractivity contribution in [2.75, 3.05) is 16.0 Å². The lowest BCUT2D eigenvalue weighted by molar-refractivity contribution is -0.124. The second kappa shape index (κ2) is 10.4. The minimum atomic E-state index is -1.26. The molecule has 1 fully saturated rings. The summed E-state index contributed by atoms with van der Waals surface area (Å²) in [5.74, 6) is -4.35. The molecular formula is C28H25Cl2F2N3O3. The second-order valence-electron chi connectivity index (χ2n) is 9.74. The fraction of sp³-hybridized carbons (Fsp3) is 0.286. The Labute approximate surface area is 228 Å². The van der Waals surface area contributed by atoms with Gasteiger partial charge in [0, 0.05) is 17.2 Å². The van der Waals surface area contributed by atoms with Crippen LogP contribution >= 0.6 is 23.2 Å². The zero-order valence-corrected chi connectivity index (χ0v) is 21.7. The van der Waals surface area contributed by atoms with Crippen LogP contribution in [0.1, 0.15) is 48.0 Å². The number of anilines is 3. The molecular weight excluding hydrogens is 535 g/mol. The molecule has 3 aromatic rings. The number of nitrogens with one attached hydrogen (secondary N) is 3. The van der Waals surface area contributed by atoms with Crippen LogP contribution in [0.4, 0.5) is 25.8 Å². The highest BCUT2D eigenvalue weighted by Gasteiger charge is 2.52. The molecule has 1 aliphatic heterocycles. The molecule has 1 amide bonds. The van der Waals surface area contributed by atoms with Gasteiger partial charge in [-0.15, -0.1) is 0 Å². The number of fused-ring (bicyclic) bond motifs is 1. The number of amides is 1. The Balaban J connectivity index is 1.61. The van der Waals surface area contributed by atoms with E-state index in [0.29, 0.717) is 22.0 Å². The predicted octanol–water partition coefficient (Wildman–Crippen LogP) is 7.50. The lowest BCUT2D eigenvalue weighted by Crippen LogP contribution is -2.54. The third-order valence-electron chi connectivity index (χ3n) is 7.37. The van der Waals surface area contributed by atoms with E-state index in [-0.39, 0.29) is 28.1 Å². The van der Waals surface area contributed by atoms with Crippen LogP contribution < -0.4 is 16.0 Å². The molecule has 6 nitrogen and oxygen atoms in total. The summed E-state index contributed by atoms with van der Waals surface area (Å²) in [5.41, 5.74) is 0.325. The Kier molecular flexibility index (Phi) is 7.20. The molecule has 3 aromatic carbocycles. The Bertz CT molecular complexity index is 1360. The molecule has 0 aromatic heterocycles. The fourth-order valence-corrected chi connectivity index (χ4v) is 5.95. The van der Waals surface area contributed by atoms with Crippen molar-refractivity contribution in [2.45, 2.75) is 37.8 Å². The van der Waals surface area contributed by atoms with Crippen LogP contribution in [0.3, 0.4) is 0 Å². The lowest BCUT2D eigenvalue weighted by Gasteiger charge is -2.43. The molecule has 1 atom stereocenters. The molecule has 4 N–H and O–H groups in total. The van der Waals surface area contributed by atoms with E-state index in [1.54, 1.807) is 24.3 Å². The summed E-state index contributed by atoms with van der Waals surface area (Å²) in [6, 6.07) is 13.2. The molecule has 0 radical (unpaired) electrons. The van der Waals surface area contributed by atoms with Crippen LogP contribution in [-0.2, 0) is 10.5 Å². The van der Waals surface area contributed by atoms with Crippen LogP contribution in [0.2, 0.25) is 10.0 Å². The molecule has 38 heavy (non-hydrogen) atoms. The standard InChI is InChI=1S/C28H25Cl2F2N3O3/c29-18-9-7-17(8-10-18)28(34-23-13-20(31)21(32)14-24(23)35-28)25(15-4-2-1-3-5-15)26(36)33-22-11-6-16(27(37)38)12-19(22)30/h6-15,25,34-35H,1-5H2,(H,33,36)(H,37,38). The summed E-state index contributed by atoms with van der Waals surface area (Å²) in [4.78, 5) is 25.5. The van der Waals surface area contributed by atoms with E-state index in [2.05, 4.69) is 16.0 Å². The highest BCUT2D eigenvalue weighted by molar-refractivity contribution is 6.34. The highest BCUT2D eigenvalue weighted by Crippen LogP contribution is 2.49. The smallest absolute Gasteiger partial charge is 0.335 e. The van der Waals surface area contributed by atoms with Gasteiger partial charge >= 0.3 is 5.97 Å². The van der Waals surface area contributed by atoms with E-state index in [4.69, 9.17) is 23.2 Å². The maximum atomic E-state index is 14.2. The van der Waals surface area contributed by atoms with Gasteiger partial charge in [-0.05, 0) is 54.7 Å². The number of carboxylic acid groups (broad SMARTS) is 1. The molecule has 0 saturated heterocycles. The quantitative estimate of drug-likeness (QED) is 0.251. The van der Waals surface area contributed by atoms with Gasteiger partial charge in [0.25, 0.3) is 0 Å². The van der Waals surface area contributed by atoms with Crippen molar-refractivity contribution in [3.8, 4) is 0 Å². The van der Waals surface area contributed by atoms with E-state index in [1.807, 2.05) is 0 Å². The Morgan fingerprint density at radius 2 is 1.53 bits per heavy atom. The number of aromatic carboxylic acids is 1. The summed E-state index contributed by atoms with van der Waals surface area (Å²) in [7, 11) is 0. The summed E-state index contributed by atoms with van der Waals surface area (Å²) in [6.07, 6.45) is 4.49. The van der Waals surface area contributed by atoms with Gasteiger partial charge in [-0.1, -0.05) is 54.6 Å². The average molecular weight is 560 g/mol. The van der Waals surface area contributed by atoms with E-state index in [9.17, 15) is 23.5 Å². The first-order valence-corrected chi connectivity index (χ1v) is 13.1. The first-order valence-electron chi connectivity index (χ1n) is 12.3.